The third kappa shape index (κ3) is 5.40. The number of hydrogen-bond acceptors (Lipinski definition) is 3. The molecule has 0 aromatic heterocycles. The number of alkyl halides is 6. The molecular formula is C10H12F6N2O3. The lowest BCUT2D eigenvalue weighted by Gasteiger charge is -2.19. The molecule has 21 heavy (non-hydrogen) atoms. The van der Waals surface area contributed by atoms with Crippen molar-refractivity contribution >= 4 is 11.8 Å². The van der Waals surface area contributed by atoms with Gasteiger partial charge in [-0.05, 0) is 0 Å². The lowest BCUT2D eigenvalue weighted by molar-refractivity contribution is -0.202. The van der Waals surface area contributed by atoms with E-state index < -0.39 is 62.2 Å². The molecule has 1 heterocycles. The minimum atomic E-state index is -4.92. The van der Waals surface area contributed by atoms with Crippen LogP contribution in [0.25, 0.3) is 0 Å². The summed E-state index contributed by atoms with van der Waals surface area (Å²) in [7, 11) is 0. The molecule has 1 aliphatic rings. The summed E-state index contributed by atoms with van der Waals surface area (Å²) in [4.78, 5) is 23.2. The van der Waals surface area contributed by atoms with Crippen LogP contribution >= 0.6 is 0 Å². The summed E-state index contributed by atoms with van der Waals surface area (Å²) in [5, 5.41) is 10.4. The number of aliphatic hydroxyl groups excluding tert-OH is 1. The first-order valence-electron chi connectivity index (χ1n) is 5.77. The van der Waals surface area contributed by atoms with Crippen molar-refractivity contribution in [2.45, 2.75) is 24.9 Å². The Morgan fingerprint density at radius 1 is 1.33 bits per heavy atom. The quantitative estimate of drug-likeness (QED) is 0.738. The van der Waals surface area contributed by atoms with Gasteiger partial charge in [-0.2, -0.15) is 26.3 Å². The molecule has 122 valence electrons. The molecule has 5 nitrogen and oxygen atoms in total. The van der Waals surface area contributed by atoms with Gasteiger partial charge in [0.2, 0.25) is 11.8 Å². The van der Waals surface area contributed by atoms with Gasteiger partial charge in [-0.1, -0.05) is 0 Å². The number of hydrogen-bond donors (Lipinski definition) is 2. The van der Waals surface area contributed by atoms with Gasteiger partial charge in [0.05, 0.1) is 12.5 Å². The number of rotatable bonds is 4. The van der Waals surface area contributed by atoms with Crippen molar-refractivity contribution < 1.29 is 41.0 Å². The van der Waals surface area contributed by atoms with E-state index in [4.69, 9.17) is 5.11 Å². The molecule has 2 unspecified atom stereocenters. The number of aliphatic hydroxyl groups is 1. The highest BCUT2D eigenvalue weighted by molar-refractivity contribution is 5.89. The fourth-order valence-corrected chi connectivity index (χ4v) is 1.77. The maximum absolute atomic E-state index is 12.1. The van der Waals surface area contributed by atoms with Crippen LogP contribution in [0.1, 0.15) is 6.42 Å². The Hall–Kier alpha value is -1.52. The van der Waals surface area contributed by atoms with Crippen LogP contribution in [-0.2, 0) is 9.59 Å². The van der Waals surface area contributed by atoms with E-state index in [1.807, 2.05) is 0 Å². The van der Waals surface area contributed by atoms with Gasteiger partial charge in [0.1, 0.15) is 6.54 Å². The maximum atomic E-state index is 12.1. The summed E-state index contributed by atoms with van der Waals surface area (Å²) in [5.41, 5.74) is 0. The standard InChI is InChI=1S/C10H12F6N2O3/c11-9(12,13)4-18-3-5(1-7(18)20)8(21)17-2-6(19)10(14,15)16/h5-6,19H,1-4H2,(H,17,21). The Labute approximate surface area is 114 Å². The summed E-state index contributed by atoms with van der Waals surface area (Å²) in [5.74, 6) is -3.07. The van der Waals surface area contributed by atoms with Gasteiger partial charge in [-0.15, -0.1) is 0 Å². The lowest BCUT2D eigenvalue weighted by atomic mass is 10.1. The predicted molar refractivity (Wildman–Crippen MR) is 55.8 cm³/mol. The van der Waals surface area contributed by atoms with Crippen LogP contribution in [-0.4, -0.2) is 59.9 Å². The molecule has 1 saturated heterocycles. The molecule has 0 aliphatic carbocycles. The first-order valence-corrected chi connectivity index (χ1v) is 5.77. The second kappa shape index (κ2) is 6.08. The van der Waals surface area contributed by atoms with Gasteiger partial charge in [-0.25, -0.2) is 0 Å². The fraction of sp³-hybridized carbons (Fsp3) is 0.800. The van der Waals surface area contributed by atoms with Gasteiger partial charge >= 0.3 is 12.4 Å². The number of nitrogens with zero attached hydrogens (tertiary/aromatic N) is 1. The smallest absolute Gasteiger partial charge is 0.382 e. The molecule has 0 aromatic rings. The van der Waals surface area contributed by atoms with Crippen molar-refractivity contribution in [3.05, 3.63) is 0 Å². The van der Waals surface area contributed by atoms with Crippen molar-refractivity contribution in [1.29, 1.82) is 0 Å². The molecule has 1 rings (SSSR count). The van der Waals surface area contributed by atoms with Gasteiger partial charge in [-0.3, -0.25) is 9.59 Å². The molecule has 1 fully saturated rings. The van der Waals surface area contributed by atoms with Crippen LogP contribution in [0.2, 0.25) is 0 Å². The van der Waals surface area contributed by atoms with Crippen LogP contribution in [0.15, 0.2) is 0 Å². The summed E-state index contributed by atoms with van der Waals surface area (Å²) >= 11 is 0. The van der Waals surface area contributed by atoms with Crippen LogP contribution in [0.3, 0.4) is 0 Å². The van der Waals surface area contributed by atoms with E-state index in [1.54, 1.807) is 5.32 Å². The molecule has 0 saturated carbocycles. The fourth-order valence-electron chi connectivity index (χ4n) is 1.77. The van der Waals surface area contributed by atoms with E-state index in [9.17, 15) is 35.9 Å². The average Bonchev–Trinajstić information content (AvgIpc) is 2.64. The van der Waals surface area contributed by atoms with Crippen molar-refractivity contribution in [2.75, 3.05) is 19.6 Å². The van der Waals surface area contributed by atoms with Gasteiger partial charge < -0.3 is 15.3 Å². The summed E-state index contributed by atoms with van der Waals surface area (Å²) in [6, 6.07) is 0. The molecule has 0 bridgehead atoms. The minimum absolute atomic E-state index is 0.421. The van der Waals surface area contributed by atoms with Crippen molar-refractivity contribution in [3.8, 4) is 0 Å². The number of nitrogens with one attached hydrogen (secondary N) is 1. The van der Waals surface area contributed by atoms with E-state index in [0.29, 0.717) is 4.90 Å². The second-order valence-electron chi connectivity index (χ2n) is 4.59. The molecule has 0 radical (unpaired) electrons. The molecule has 2 N–H and O–H groups in total. The highest BCUT2D eigenvalue weighted by Crippen LogP contribution is 2.24. The summed E-state index contributed by atoms with van der Waals surface area (Å²) in [6.45, 7) is -3.15. The van der Waals surface area contributed by atoms with Gasteiger partial charge in [0.25, 0.3) is 0 Å². The number of amides is 2. The van der Waals surface area contributed by atoms with Gasteiger partial charge in [0.15, 0.2) is 6.10 Å². The van der Waals surface area contributed by atoms with Crippen LogP contribution in [0, 0.1) is 5.92 Å². The summed E-state index contributed by atoms with van der Waals surface area (Å²) < 4.78 is 72.4. The van der Waals surface area contributed by atoms with E-state index in [2.05, 4.69) is 0 Å². The molecule has 1 aliphatic heterocycles. The zero-order chi connectivity index (χ0) is 16.4. The Bertz CT molecular complexity index is 409. The molecule has 0 aromatic carbocycles. The van der Waals surface area contributed by atoms with Crippen LogP contribution < -0.4 is 5.32 Å². The third-order valence-electron chi connectivity index (χ3n) is 2.80. The summed E-state index contributed by atoms with van der Waals surface area (Å²) in [6.07, 6.45) is -12.8. The average molecular weight is 322 g/mol. The Morgan fingerprint density at radius 3 is 2.38 bits per heavy atom. The van der Waals surface area contributed by atoms with E-state index in [0.717, 1.165) is 0 Å². The molecule has 11 heteroatoms. The maximum Gasteiger partial charge on any atom is 0.416 e. The predicted octanol–water partition coefficient (Wildman–Crippen LogP) is 0.437. The number of halogens is 6. The topological polar surface area (TPSA) is 69.6 Å². The van der Waals surface area contributed by atoms with Crippen LogP contribution in [0.5, 0.6) is 0 Å². The van der Waals surface area contributed by atoms with E-state index in [1.165, 1.54) is 0 Å². The molecule has 0 spiro atoms. The van der Waals surface area contributed by atoms with Crippen molar-refractivity contribution in [2.24, 2.45) is 5.92 Å². The number of carbonyl (C=O) groups is 2. The second-order valence-corrected chi connectivity index (χ2v) is 4.59. The molecular weight excluding hydrogens is 310 g/mol. The largest absolute Gasteiger partial charge is 0.416 e. The zero-order valence-electron chi connectivity index (χ0n) is 10.5. The normalized spacial score (nSPS) is 21.6. The highest BCUT2D eigenvalue weighted by Gasteiger charge is 2.42. The van der Waals surface area contributed by atoms with Crippen molar-refractivity contribution in [1.82, 2.24) is 10.2 Å². The van der Waals surface area contributed by atoms with Crippen LogP contribution in [0.4, 0.5) is 26.3 Å². The Kier molecular flexibility index (Phi) is 5.07. The first-order chi connectivity index (χ1) is 9.40. The highest BCUT2D eigenvalue weighted by atomic mass is 19.4. The van der Waals surface area contributed by atoms with Crippen molar-refractivity contribution in [3.63, 3.8) is 0 Å². The molecule has 2 amide bonds. The minimum Gasteiger partial charge on any atom is -0.382 e. The SMILES string of the molecule is O=C(NCC(O)C(F)(F)F)C1CC(=O)N(CC(F)(F)F)C1. The Morgan fingerprint density at radius 2 is 1.90 bits per heavy atom. The lowest BCUT2D eigenvalue weighted by Crippen LogP contribution is -2.43. The Balaban J connectivity index is 2.49. The molecule has 2 atom stereocenters. The van der Waals surface area contributed by atoms with E-state index in [-0.39, 0.29) is 0 Å². The third-order valence-corrected chi connectivity index (χ3v) is 2.80. The first kappa shape index (κ1) is 17.5. The van der Waals surface area contributed by atoms with Gasteiger partial charge in [0, 0.05) is 13.0 Å². The zero-order valence-corrected chi connectivity index (χ0v) is 10.5. The number of likely N-dealkylation sites (tertiary alicyclic amines) is 1. The van der Waals surface area contributed by atoms with E-state index >= 15 is 0 Å². The number of carbonyl (C=O) groups excluding carboxylic acids is 2. The monoisotopic (exact) mass is 322 g/mol.